The van der Waals surface area contributed by atoms with E-state index in [4.69, 9.17) is 9.94 Å². The van der Waals surface area contributed by atoms with E-state index in [0.717, 1.165) is 48.8 Å². The van der Waals surface area contributed by atoms with Gasteiger partial charge >= 0.3 is 12.1 Å². The van der Waals surface area contributed by atoms with Gasteiger partial charge in [0.2, 0.25) is 0 Å². The molecule has 35 heavy (non-hydrogen) atoms. The molecule has 0 aromatic heterocycles. The Hall–Kier alpha value is -2.87. The van der Waals surface area contributed by atoms with Gasteiger partial charge in [-0.05, 0) is 72.6 Å². The summed E-state index contributed by atoms with van der Waals surface area (Å²) in [6.07, 6.45) is 0.313. The van der Waals surface area contributed by atoms with Gasteiger partial charge in [0.1, 0.15) is 6.61 Å². The molecular formula is C27H33F3N2O3. The summed E-state index contributed by atoms with van der Waals surface area (Å²) in [4.78, 5) is 16.0. The second kappa shape index (κ2) is 12.2. The van der Waals surface area contributed by atoms with Gasteiger partial charge in [-0.25, -0.2) is 0 Å². The minimum atomic E-state index is -4.40. The summed E-state index contributed by atoms with van der Waals surface area (Å²) in [5.74, 6) is -0.875. The molecule has 1 fully saturated rings. The van der Waals surface area contributed by atoms with Gasteiger partial charge < -0.3 is 15.3 Å². The zero-order valence-electron chi connectivity index (χ0n) is 20.3. The number of carboxylic acids is 1. The second-order valence-corrected chi connectivity index (χ2v) is 9.17. The van der Waals surface area contributed by atoms with Gasteiger partial charge in [-0.1, -0.05) is 48.7 Å². The smallest absolute Gasteiger partial charge is 0.416 e. The number of carbonyl (C=O) groups is 1. The third kappa shape index (κ3) is 7.82. The molecule has 190 valence electrons. The van der Waals surface area contributed by atoms with Crippen LogP contribution in [0.5, 0.6) is 0 Å². The predicted octanol–water partition coefficient (Wildman–Crippen LogP) is 6.57. The Morgan fingerprint density at radius 3 is 2.54 bits per heavy atom. The Bertz CT molecular complexity index is 1040. The van der Waals surface area contributed by atoms with Gasteiger partial charge in [0.15, 0.2) is 0 Å². The number of nitrogens with one attached hydrogen (secondary N) is 1. The van der Waals surface area contributed by atoms with E-state index < -0.39 is 17.7 Å². The predicted molar refractivity (Wildman–Crippen MR) is 129 cm³/mol. The van der Waals surface area contributed by atoms with Crippen LogP contribution in [0.2, 0.25) is 0 Å². The quantitative estimate of drug-likeness (QED) is 0.225. The molecule has 0 spiro atoms. The summed E-state index contributed by atoms with van der Waals surface area (Å²) in [5, 5.41) is 15.9. The monoisotopic (exact) mass is 490 g/mol. The van der Waals surface area contributed by atoms with E-state index in [1.54, 1.807) is 19.1 Å². The van der Waals surface area contributed by atoms with E-state index in [-0.39, 0.29) is 18.9 Å². The molecule has 1 aliphatic rings. The Balaban J connectivity index is 1.63. The van der Waals surface area contributed by atoms with Crippen LogP contribution < -0.4 is 5.32 Å². The van der Waals surface area contributed by atoms with Crippen molar-refractivity contribution in [3.05, 3.63) is 69.8 Å². The van der Waals surface area contributed by atoms with E-state index in [2.05, 4.69) is 10.5 Å². The molecule has 0 aliphatic heterocycles. The number of hydrogen-bond donors (Lipinski definition) is 2. The number of aryl methyl sites for hydroxylation is 1. The van der Waals surface area contributed by atoms with Crippen LogP contribution in [0.25, 0.3) is 0 Å². The number of alkyl halides is 3. The third-order valence-corrected chi connectivity index (χ3v) is 6.49. The van der Waals surface area contributed by atoms with Crippen LogP contribution in [-0.4, -0.2) is 23.3 Å². The van der Waals surface area contributed by atoms with Gasteiger partial charge in [0.25, 0.3) is 0 Å². The minimum Gasteiger partial charge on any atom is -0.481 e. The molecule has 0 unspecified atom stereocenters. The number of hydrogen-bond acceptors (Lipinski definition) is 4. The zero-order chi connectivity index (χ0) is 25.4. The van der Waals surface area contributed by atoms with E-state index in [1.165, 1.54) is 6.07 Å². The van der Waals surface area contributed by atoms with E-state index in [9.17, 15) is 18.0 Å². The highest BCUT2D eigenvalue weighted by molar-refractivity contribution is 5.98. The zero-order valence-corrected chi connectivity index (χ0v) is 20.3. The lowest BCUT2D eigenvalue weighted by Crippen LogP contribution is -2.18. The maximum Gasteiger partial charge on any atom is 0.416 e. The first kappa shape index (κ1) is 26.7. The fourth-order valence-corrected chi connectivity index (χ4v) is 4.50. The molecule has 2 aromatic carbocycles. The highest BCUT2D eigenvalue weighted by Crippen LogP contribution is 2.41. The van der Waals surface area contributed by atoms with Gasteiger partial charge in [-0.3, -0.25) is 4.79 Å². The third-order valence-electron chi connectivity index (χ3n) is 6.49. The number of carboxylic acid groups (broad SMARTS) is 1. The number of rotatable bonds is 10. The first-order chi connectivity index (χ1) is 16.6. The molecule has 0 atom stereocenters. The van der Waals surface area contributed by atoms with Crippen molar-refractivity contribution in [3.8, 4) is 0 Å². The Morgan fingerprint density at radius 1 is 1.14 bits per heavy atom. The first-order valence-corrected chi connectivity index (χ1v) is 12.0. The molecule has 0 heterocycles. The lowest BCUT2D eigenvalue weighted by Gasteiger charge is -2.25. The highest BCUT2D eigenvalue weighted by Gasteiger charge is 2.35. The Labute approximate surface area is 204 Å². The SMILES string of the molecule is CC(=NOCc1ccc(C2CCCCC2)c(C(F)(F)F)c1)c1ccc(CNCCC(=O)O)c(C)c1. The largest absolute Gasteiger partial charge is 0.481 e. The summed E-state index contributed by atoms with van der Waals surface area (Å²) in [6.45, 7) is 4.65. The topological polar surface area (TPSA) is 70.9 Å². The van der Waals surface area contributed by atoms with E-state index in [0.29, 0.717) is 29.9 Å². The fourth-order valence-electron chi connectivity index (χ4n) is 4.50. The van der Waals surface area contributed by atoms with Crippen molar-refractivity contribution in [2.45, 2.75) is 77.6 Å². The molecule has 3 rings (SSSR count). The van der Waals surface area contributed by atoms with Gasteiger partial charge in [0, 0.05) is 13.1 Å². The van der Waals surface area contributed by atoms with Crippen molar-refractivity contribution in [2.24, 2.45) is 5.16 Å². The van der Waals surface area contributed by atoms with Gasteiger partial charge in [0.05, 0.1) is 17.7 Å². The van der Waals surface area contributed by atoms with Crippen molar-refractivity contribution in [2.75, 3.05) is 6.54 Å². The van der Waals surface area contributed by atoms with Crippen molar-refractivity contribution in [1.29, 1.82) is 0 Å². The molecule has 0 saturated heterocycles. The van der Waals surface area contributed by atoms with Crippen LogP contribution in [0.3, 0.4) is 0 Å². The van der Waals surface area contributed by atoms with Crippen molar-refractivity contribution < 1.29 is 27.9 Å². The number of oxime groups is 1. The lowest BCUT2D eigenvalue weighted by molar-refractivity contribution is -0.139. The summed E-state index contributed by atoms with van der Waals surface area (Å²) in [5.41, 5.74) is 3.81. The maximum atomic E-state index is 13.8. The Kier molecular flexibility index (Phi) is 9.32. The molecule has 8 heteroatoms. The minimum absolute atomic E-state index is 0.0332. The van der Waals surface area contributed by atoms with Crippen molar-refractivity contribution >= 4 is 11.7 Å². The lowest BCUT2D eigenvalue weighted by atomic mass is 9.81. The van der Waals surface area contributed by atoms with Gasteiger partial charge in [-0.2, -0.15) is 13.2 Å². The summed E-state index contributed by atoms with van der Waals surface area (Å²) >= 11 is 0. The molecule has 5 nitrogen and oxygen atoms in total. The summed E-state index contributed by atoms with van der Waals surface area (Å²) in [6, 6.07) is 10.3. The van der Waals surface area contributed by atoms with Crippen LogP contribution in [0.1, 0.15) is 84.7 Å². The average molecular weight is 491 g/mol. The highest BCUT2D eigenvalue weighted by atomic mass is 19.4. The fraction of sp³-hybridized carbons (Fsp3) is 0.481. The molecule has 0 bridgehead atoms. The number of aliphatic carboxylic acids is 1. The van der Waals surface area contributed by atoms with E-state index in [1.807, 2.05) is 25.1 Å². The van der Waals surface area contributed by atoms with Crippen molar-refractivity contribution in [1.82, 2.24) is 5.32 Å². The maximum absolute atomic E-state index is 13.8. The molecular weight excluding hydrogens is 457 g/mol. The normalized spacial score (nSPS) is 15.3. The number of nitrogens with zero attached hydrogens (tertiary/aromatic N) is 1. The molecule has 1 saturated carbocycles. The molecule has 0 radical (unpaired) electrons. The molecule has 2 N–H and O–H groups in total. The number of halogens is 3. The Morgan fingerprint density at radius 2 is 1.89 bits per heavy atom. The van der Waals surface area contributed by atoms with Crippen LogP contribution in [0, 0.1) is 6.92 Å². The molecule has 1 aliphatic carbocycles. The standard InChI is InChI=1S/C27H33F3N2O3/c1-18-14-22(9-10-23(18)16-31-13-12-26(33)34)19(2)32-35-17-20-8-11-24(21-6-4-3-5-7-21)25(15-20)27(28,29)30/h8-11,14-15,21,31H,3-7,12-13,16-17H2,1-2H3,(H,33,34). The summed E-state index contributed by atoms with van der Waals surface area (Å²) in [7, 11) is 0. The van der Waals surface area contributed by atoms with Crippen LogP contribution >= 0.6 is 0 Å². The average Bonchev–Trinajstić information content (AvgIpc) is 2.82. The van der Waals surface area contributed by atoms with Crippen molar-refractivity contribution in [3.63, 3.8) is 0 Å². The first-order valence-electron chi connectivity index (χ1n) is 12.0. The number of benzene rings is 2. The van der Waals surface area contributed by atoms with Gasteiger partial charge in [-0.15, -0.1) is 0 Å². The summed E-state index contributed by atoms with van der Waals surface area (Å²) < 4.78 is 41.3. The van der Waals surface area contributed by atoms with E-state index >= 15 is 0 Å². The second-order valence-electron chi connectivity index (χ2n) is 9.17. The van der Waals surface area contributed by atoms with Crippen LogP contribution in [0.4, 0.5) is 13.2 Å². The van der Waals surface area contributed by atoms with Crippen LogP contribution in [0.15, 0.2) is 41.6 Å². The van der Waals surface area contributed by atoms with Crippen LogP contribution in [-0.2, 0) is 29.0 Å². The molecule has 2 aromatic rings. The molecule has 0 amide bonds.